The summed E-state index contributed by atoms with van der Waals surface area (Å²) in [6, 6.07) is 2.90. The Morgan fingerprint density at radius 3 is 2.70 bits per heavy atom. The normalized spacial score (nSPS) is 22.8. The Kier molecular flexibility index (Phi) is 3.97. The first kappa shape index (κ1) is 14.4. The van der Waals surface area contributed by atoms with Gasteiger partial charge in [0.2, 0.25) is 5.91 Å². The summed E-state index contributed by atoms with van der Waals surface area (Å²) in [5, 5.41) is 8.85. The van der Waals surface area contributed by atoms with Crippen LogP contribution in [0.2, 0.25) is 0 Å². The van der Waals surface area contributed by atoms with Gasteiger partial charge in [-0.25, -0.2) is 4.79 Å². The molecular formula is C15H19NO4. The molecule has 1 heterocycles. The smallest absolute Gasteiger partial charge is 0.326 e. The van der Waals surface area contributed by atoms with Crippen molar-refractivity contribution in [3.63, 3.8) is 0 Å². The molecule has 20 heavy (non-hydrogen) atoms. The van der Waals surface area contributed by atoms with E-state index < -0.39 is 12.0 Å². The molecule has 0 aliphatic heterocycles. The predicted molar refractivity (Wildman–Crippen MR) is 74.1 cm³/mol. The molecule has 0 saturated heterocycles. The highest BCUT2D eigenvalue weighted by molar-refractivity contribution is 5.93. The molecule has 2 rings (SSSR count). The molecule has 0 radical (unpaired) electrons. The van der Waals surface area contributed by atoms with Crippen molar-refractivity contribution in [2.75, 3.05) is 7.05 Å². The van der Waals surface area contributed by atoms with Gasteiger partial charge in [-0.3, -0.25) is 4.79 Å². The number of furan rings is 1. The lowest BCUT2D eigenvalue weighted by Crippen LogP contribution is -2.39. The molecule has 1 N–H and O–H groups in total. The number of carbonyl (C=O) groups is 2. The van der Waals surface area contributed by atoms with Crippen molar-refractivity contribution in [3.05, 3.63) is 29.7 Å². The predicted octanol–water partition coefficient (Wildman–Crippen LogP) is 2.35. The van der Waals surface area contributed by atoms with Crippen LogP contribution in [0.4, 0.5) is 0 Å². The molecule has 108 valence electrons. The number of carboxylic acids is 1. The van der Waals surface area contributed by atoms with Crippen LogP contribution in [0.3, 0.4) is 0 Å². The second kappa shape index (κ2) is 5.53. The fraction of sp³-hybridized carbons (Fsp3) is 0.467. The number of hydrogen-bond acceptors (Lipinski definition) is 3. The minimum atomic E-state index is -1.03. The lowest BCUT2D eigenvalue weighted by Gasteiger charge is -2.19. The molecule has 0 spiro atoms. The van der Waals surface area contributed by atoms with Crippen LogP contribution in [0.15, 0.2) is 22.6 Å². The van der Waals surface area contributed by atoms with Gasteiger partial charge in [-0.15, -0.1) is 0 Å². The maximum Gasteiger partial charge on any atom is 0.326 e. The molecule has 1 aromatic heterocycles. The number of rotatable bonds is 5. The SMILES string of the molecule is CC1CC1c1ccc(C=CC(=O)N(C)C(C)C(=O)O)o1. The van der Waals surface area contributed by atoms with E-state index in [1.165, 1.54) is 24.9 Å². The minimum absolute atomic E-state index is 0.363. The summed E-state index contributed by atoms with van der Waals surface area (Å²) < 4.78 is 5.64. The summed E-state index contributed by atoms with van der Waals surface area (Å²) in [6.07, 6.45) is 4.05. The van der Waals surface area contributed by atoms with Gasteiger partial charge in [-0.2, -0.15) is 0 Å². The second-order valence-electron chi connectivity index (χ2n) is 5.36. The first-order chi connectivity index (χ1) is 9.40. The fourth-order valence-electron chi connectivity index (χ4n) is 2.00. The third-order valence-corrected chi connectivity index (χ3v) is 3.80. The van der Waals surface area contributed by atoms with E-state index in [9.17, 15) is 9.59 Å². The Morgan fingerprint density at radius 1 is 1.50 bits per heavy atom. The monoisotopic (exact) mass is 277 g/mol. The van der Waals surface area contributed by atoms with Crippen LogP contribution in [0.25, 0.3) is 6.08 Å². The van der Waals surface area contributed by atoms with Crippen LogP contribution < -0.4 is 0 Å². The highest BCUT2D eigenvalue weighted by Crippen LogP contribution is 2.47. The quantitative estimate of drug-likeness (QED) is 0.839. The van der Waals surface area contributed by atoms with Crippen LogP contribution in [0, 0.1) is 5.92 Å². The van der Waals surface area contributed by atoms with Gasteiger partial charge in [0.05, 0.1) is 0 Å². The molecule has 1 fully saturated rings. The summed E-state index contributed by atoms with van der Waals surface area (Å²) >= 11 is 0. The average Bonchev–Trinajstić information content (AvgIpc) is 2.96. The van der Waals surface area contributed by atoms with Crippen LogP contribution >= 0.6 is 0 Å². The minimum Gasteiger partial charge on any atom is -0.480 e. The molecule has 5 nitrogen and oxygen atoms in total. The second-order valence-corrected chi connectivity index (χ2v) is 5.36. The van der Waals surface area contributed by atoms with Gasteiger partial charge in [-0.1, -0.05) is 6.92 Å². The van der Waals surface area contributed by atoms with E-state index in [1.807, 2.05) is 12.1 Å². The van der Waals surface area contributed by atoms with E-state index in [0.717, 1.165) is 12.2 Å². The lowest BCUT2D eigenvalue weighted by atomic mass is 10.2. The first-order valence-corrected chi connectivity index (χ1v) is 6.67. The molecule has 3 atom stereocenters. The molecule has 1 amide bonds. The number of carboxylic acid groups (broad SMARTS) is 1. The van der Waals surface area contributed by atoms with Crippen LogP contribution in [-0.4, -0.2) is 35.0 Å². The van der Waals surface area contributed by atoms with E-state index >= 15 is 0 Å². The summed E-state index contributed by atoms with van der Waals surface area (Å²) in [6.45, 7) is 3.64. The Hall–Kier alpha value is -2.04. The average molecular weight is 277 g/mol. The molecule has 0 bridgehead atoms. The zero-order valence-electron chi connectivity index (χ0n) is 11.9. The molecular weight excluding hydrogens is 258 g/mol. The number of carbonyl (C=O) groups excluding carboxylic acids is 1. The Morgan fingerprint density at radius 2 is 2.15 bits per heavy atom. The van der Waals surface area contributed by atoms with Gasteiger partial charge < -0.3 is 14.4 Å². The Balaban J connectivity index is 1.96. The van der Waals surface area contributed by atoms with Gasteiger partial charge in [0, 0.05) is 19.0 Å². The number of nitrogens with zero attached hydrogens (tertiary/aromatic N) is 1. The molecule has 5 heteroatoms. The van der Waals surface area contributed by atoms with Crippen molar-refractivity contribution in [1.82, 2.24) is 4.90 Å². The summed E-state index contributed by atoms with van der Waals surface area (Å²) in [5.74, 6) is 1.35. The largest absolute Gasteiger partial charge is 0.480 e. The summed E-state index contributed by atoms with van der Waals surface area (Å²) in [7, 11) is 1.46. The zero-order valence-corrected chi connectivity index (χ0v) is 11.9. The molecule has 1 aliphatic rings. The number of likely N-dealkylation sites (N-methyl/N-ethyl adjacent to an activating group) is 1. The van der Waals surface area contributed by atoms with Gasteiger partial charge in [-0.05, 0) is 37.5 Å². The maximum absolute atomic E-state index is 11.8. The molecule has 1 aromatic rings. The maximum atomic E-state index is 11.8. The van der Waals surface area contributed by atoms with E-state index in [0.29, 0.717) is 17.6 Å². The Bertz CT molecular complexity index is 546. The first-order valence-electron chi connectivity index (χ1n) is 6.67. The van der Waals surface area contributed by atoms with E-state index in [4.69, 9.17) is 9.52 Å². The summed E-state index contributed by atoms with van der Waals surface area (Å²) in [4.78, 5) is 23.8. The highest BCUT2D eigenvalue weighted by atomic mass is 16.4. The lowest BCUT2D eigenvalue weighted by molar-refractivity contribution is -0.146. The van der Waals surface area contributed by atoms with Crippen molar-refractivity contribution in [3.8, 4) is 0 Å². The topological polar surface area (TPSA) is 70.8 Å². The highest BCUT2D eigenvalue weighted by Gasteiger charge is 2.36. The van der Waals surface area contributed by atoms with Gasteiger partial charge in [0.25, 0.3) is 0 Å². The zero-order chi connectivity index (χ0) is 14.9. The van der Waals surface area contributed by atoms with E-state index in [2.05, 4.69) is 6.92 Å². The third kappa shape index (κ3) is 3.10. The molecule has 1 aliphatic carbocycles. The van der Waals surface area contributed by atoms with Crippen molar-refractivity contribution in [1.29, 1.82) is 0 Å². The van der Waals surface area contributed by atoms with Crippen LogP contribution in [-0.2, 0) is 9.59 Å². The standard InChI is InChI=1S/C15H19NO4/c1-9-8-12(9)13-6-4-11(20-13)5-7-14(17)16(3)10(2)15(18)19/h4-7,9-10,12H,8H2,1-3H3,(H,18,19). The molecule has 1 saturated carbocycles. The number of hydrogen-bond donors (Lipinski definition) is 1. The fourth-order valence-corrected chi connectivity index (χ4v) is 2.00. The molecule has 0 aromatic carbocycles. The van der Waals surface area contributed by atoms with Gasteiger partial charge >= 0.3 is 5.97 Å². The van der Waals surface area contributed by atoms with Crippen LogP contribution in [0.5, 0.6) is 0 Å². The van der Waals surface area contributed by atoms with Crippen molar-refractivity contribution in [2.45, 2.75) is 32.2 Å². The summed E-state index contributed by atoms with van der Waals surface area (Å²) in [5.41, 5.74) is 0. The van der Waals surface area contributed by atoms with Crippen molar-refractivity contribution in [2.24, 2.45) is 5.92 Å². The van der Waals surface area contributed by atoms with E-state index in [-0.39, 0.29) is 5.91 Å². The van der Waals surface area contributed by atoms with Crippen LogP contribution in [0.1, 0.15) is 37.7 Å². The number of aliphatic carboxylic acids is 1. The Labute approximate surface area is 117 Å². The third-order valence-electron chi connectivity index (χ3n) is 3.80. The van der Waals surface area contributed by atoms with E-state index in [1.54, 1.807) is 6.08 Å². The van der Waals surface area contributed by atoms with Gasteiger partial charge in [0.15, 0.2) is 0 Å². The van der Waals surface area contributed by atoms with Crippen molar-refractivity contribution >= 4 is 18.0 Å². The van der Waals surface area contributed by atoms with Gasteiger partial charge in [0.1, 0.15) is 17.6 Å². The number of amides is 1. The molecule has 3 unspecified atom stereocenters. The van der Waals surface area contributed by atoms with Crippen molar-refractivity contribution < 1.29 is 19.1 Å².